The minimum Gasteiger partial charge on any atom is -0.449 e. The van der Waals surface area contributed by atoms with Crippen LogP contribution in [0.1, 0.15) is 17.3 Å². The number of halogens is 2. The molecule has 0 saturated carbocycles. The molecule has 1 heterocycles. The molecule has 3 rings (SSSR count). The van der Waals surface area contributed by atoms with Gasteiger partial charge in [0.2, 0.25) is 0 Å². The lowest BCUT2D eigenvalue weighted by Gasteiger charge is -2.14. The first-order valence-corrected chi connectivity index (χ1v) is 8.87. The van der Waals surface area contributed by atoms with Crippen molar-refractivity contribution < 1.29 is 14.3 Å². The minimum atomic E-state index is -0.984. The predicted molar refractivity (Wildman–Crippen MR) is 99.6 cm³/mol. The van der Waals surface area contributed by atoms with Gasteiger partial charge in [0.05, 0.1) is 21.3 Å². The van der Waals surface area contributed by atoms with Gasteiger partial charge in [-0.25, -0.2) is 9.78 Å². The summed E-state index contributed by atoms with van der Waals surface area (Å²) in [4.78, 5) is 28.6. The van der Waals surface area contributed by atoms with Crippen molar-refractivity contribution in [3.8, 4) is 0 Å². The first-order valence-electron chi connectivity index (χ1n) is 7.23. The van der Waals surface area contributed by atoms with Crippen molar-refractivity contribution in [1.29, 1.82) is 0 Å². The number of benzene rings is 2. The van der Waals surface area contributed by atoms with Crippen LogP contribution in [0.15, 0.2) is 41.9 Å². The summed E-state index contributed by atoms with van der Waals surface area (Å²) in [6, 6.07) is 9.70. The highest BCUT2D eigenvalue weighted by molar-refractivity contribution is 7.16. The number of amides is 1. The van der Waals surface area contributed by atoms with Crippen LogP contribution in [0.5, 0.6) is 0 Å². The number of carbonyl (C=O) groups is 2. The van der Waals surface area contributed by atoms with Gasteiger partial charge < -0.3 is 10.1 Å². The largest absolute Gasteiger partial charge is 0.449 e. The van der Waals surface area contributed by atoms with Gasteiger partial charge in [-0.2, -0.15) is 0 Å². The number of anilines is 1. The Balaban J connectivity index is 1.66. The van der Waals surface area contributed by atoms with Gasteiger partial charge in [0.1, 0.15) is 0 Å². The zero-order chi connectivity index (χ0) is 18.0. The number of nitrogens with zero attached hydrogens (tertiary/aromatic N) is 1. The molecule has 0 radical (unpaired) electrons. The molecule has 1 N–H and O–H groups in total. The van der Waals surface area contributed by atoms with Crippen LogP contribution >= 0.6 is 34.5 Å². The maximum Gasteiger partial charge on any atom is 0.338 e. The van der Waals surface area contributed by atoms with Crippen molar-refractivity contribution >= 4 is 62.3 Å². The molecule has 5 nitrogen and oxygen atoms in total. The topological polar surface area (TPSA) is 68.3 Å². The van der Waals surface area contributed by atoms with Gasteiger partial charge in [-0.15, -0.1) is 11.3 Å². The maximum atomic E-state index is 12.2. The van der Waals surface area contributed by atoms with Crippen LogP contribution in [0.25, 0.3) is 10.2 Å². The Kier molecular flexibility index (Phi) is 5.22. The van der Waals surface area contributed by atoms with E-state index in [0.717, 1.165) is 10.2 Å². The van der Waals surface area contributed by atoms with Crippen LogP contribution in [0.3, 0.4) is 0 Å². The fourth-order valence-corrected chi connectivity index (χ4v) is 3.38. The van der Waals surface area contributed by atoms with Gasteiger partial charge in [-0.05, 0) is 43.3 Å². The molecule has 0 aliphatic rings. The van der Waals surface area contributed by atoms with Gasteiger partial charge in [0.15, 0.2) is 6.10 Å². The van der Waals surface area contributed by atoms with E-state index in [2.05, 4.69) is 10.3 Å². The molecule has 0 bridgehead atoms. The smallest absolute Gasteiger partial charge is 0.338 e. The lowest BCUT2D eigenvalue weighted by molar-refractivity contribution is -0.123. The lowest BCUT2D eigenvalue weighted by atomic mass is 10.2. The summed E-state index contributed by atoms with van der Waals surface area (Å²) in [5.41, 5.74) is 3.30. The normalized spacial score (nSPS) is 12.0. The van der Waals surface area contributed by atoms with E-state index in [1.54, 1.807) is 41.9 Å². The number of ether oxygens (including phenoxy) is 1. The highest BCUT2D eigenvalue weighted by Gasteiger charge is 2.19. The third kappa shape index (κ3) is 4.28. The molecule has 0 unspecified atom stereocenters. The van der Waals surface area contributed by atoms with E-state index in [1.807, 2.05) is 0 Å². The summed E-state index contributed by atoms with van der Waals surface area (Å²) < 4.78 is 6.10. The molecule has 8 heteroatoms. The zero-order valence-corrected chi connectivity index (χ0v) is 15.3. The van der Waals surface area contributed by atoms with Crippen LogP contribution in [0.4, 0.5) is 5.69 Å². The standard InChI is InChI=1S/C17H12Cl2N2O3S/c1-9(16(22)21-13-6-11(18)5-12(19)7-13)24-17(23)10-2-3-14-15(4-10)25-8-20-14/h2-9H,1H3,(H,21,22)/t9-/m0/s1. The monoisotopic (exact) mass is 394 g/mol. The Morgan fingerprint density at radius 3 is 2.60 bits per heavy atom. The van der Waals surface area contributed by atoms with Crippen molar-refractivity contribution in [3.63, 3.8) is 0 Å². The lowest BCUT2D eigenvalue weighted by Crippen LogP contribution is -2.30. The highest BCUT2D eigenvalue weighted by atomic mass is 35.5. The first-order chi connectivity index (χ1) is 11.9. The van der Waals surface area contributed by atoms with Gasteiger partial charge in [-0.1, -0.05) is 23.2 Å². The molecule has 128 valence electrons. The van der Waals surface area contributed by atoms with Crippen molar-refractivity contribution in [2.45, 2.75) is 13.0 Å². The minimum absolute atomic E-state index is 0.363. The molecule has 3 aromatic rings. The van der Waals surface area contributed by atoms with Crippen molar-refractivity contribution in [1.82, 2.24) is 4.98 Å². The summed E-state index contributed by atoms with van der Waals surface area (Å²) in [6.45, 7) is 1.49. The Bertz CT molecular complexity index is 938. The Hall–Kier alpha value is -2.15. The molecular formula is C17H12Cl2N2O3S. The highest BCUT2D eigenvalue weighted by Crippen LogP contribution is 2.23. The van der Waals surface area contributed by atoms with E-state index in [0.29, 0.717) is 21.3 Å². The van der Waals surface area contributed by atoms with Crippen LogP contribution in [0.2, 0.25) is 10.0 Å². The quantitative estimate of drug-likeness (QED) is 0.646. The van der Waals surface area contributed by atoms with Crippen LogP contribution in [-0.2, 0) is 9.53 Å². The number of aromatic nitrogens is 1. The number of thiazole rings is 1. The number of rotatable bonds is 4. The third-order valence-electron chi connectivity index (χ3n) is 3.35. The first kappa shape index (κ1) is 17.7. The number of hydrogen-bond donors (Lipinski definition) is 1. The van der Waals surface area contributed by atoms with Gasteiger partial charge in [-0.3, -0.25) is 4.79 Å². The molecule has 0 aliphatic heterocycles. The second-order valence-electron chi connectivity index (χ2n) is 5.23. The van der Waals surface area contributed by atoms with Crippen LogP contribution in [-0.4, -0.2) is 23.0 Å². The number of nitrogens with one attached hydrogen (secondary N) is 1. The maximum absolute atomic E-state index is 12.2. The molecule has 1 amide bonds. The fourth-order valence-electron chi connectivity index (χ4n) is 2.13. The Morgan fingerprint density at radius 2 is 1.88 bits per heavy atom. The van der Waals surface area contributed by atoms with Crippen molar-refractivity contribution in [2.75, 3.05) is 5.32 Å². The third-order valence-corrected chi connectivity index (χ3v) is 4.58. The molecule has 0 aliphatic carbocycles. The van der Waals surface area contributed by atoms with E-state index in [9.17, 15) is 9.59 Å². The molecule has 1 aromatic heterocycles. The molecule has 1 atom stereocenters. The summed E-state index contributed by atoms with van der Waals surface area (Å²) in [6.07, 6.45) is -0.984. The average Bonchev–Trinajstić information content (AvgIpc) is 3.01. The molecule has 0 spiro atoms. The predicted octanol–water partition coefficient (Wildman–Crippen LogP) is 4.79. The second-order valence-corrected chi connectivity index (χ2v) is 6.99. The van der Waals surface area contributed by atoms with E-state index in [1.165, 1.54) is 18.3 Å². The second kappa shape index (κ2) is 7.39. The summed E-state index contributed by atoms with van der Waals surface area (Å²) in [7, 11) is 0. The molecule has 0 saturated heterocycles. The number of fused-ring (bicyclic) bond motifs is 1. The number of carbonyl (C=O) groups excluding carboxylic acids is 2. The van der Waals surface area contributed by atoms with Crippen LogP contribution in [0, 0.1) is 0 Å². The number of esters is 1. The molecule has 0 fully saturated rings. The zero-order valence-electron chi connectivity index (χ0n) is 13.0. The van der Waals surface area contributed by atoms with Gasteiger partial charge in [0.25, 0.3) is 5.91 Å². The van der Waals surface area contributed by atoms with Crippen molar-refractivity contribution in [2.24, 2.45) is 0 Å². The van der Waals surface area contributed by atoms with E-state index >= 15 is 0 Å². The average molecular weight is 395 g/mol. The summed E-state index contributed by atoms with van der Waals surface area (Å²) in [5.74, 6) is -1.06. The summed E-state index contributed by atoms with van der Waals surface area (Å²) in [5, 5.41) is 3.40. The van der Waals surface area contributed by atoms with E-state index in [-0.39, 0.29) is 0 Å². The Labute approximate surface area is 157 Å². The summed E-state index contributed by atoms with van der Waals surface area (Å²) >= 11 is 13.2. The van der Waals surface area contributed by atoms with Crippen molar-refractivity contribution in [3.05, 3.63) is 57.5 Å². The van der Waals surface area contributed by atoms with E-state index in [4.69, 9.17) is 27.9 Å². The molecule has 25 heavy (non-hydrogen) atoms. The van der Waals surface area contributed by atoms with Crippen LogP contribution < -0.4 is 5.32 Å². The van der Waals surface area contributed by atoms with Gasteiger partial charge >= 0.3 is 5.97 Å². The van der Waals surface area contributed by atoms with E-state index < -0.39 is 18.0 Å². The SMILES string of the molecule is C[C@H](OC(=O)c1ccc2ncsc2c1)C(=O)Nc1cc(Cl)cc(Cl)c1. The fraction of sp³-hybridized carbons (Fsp3) is 0.118. The van der Waals surface area contributed by atoms with Gasteiger partial charge in [0, 0.05) is 15.7 Å². The molecular weight excluding hydrogens is 383 g/mol. The molecule has 2 aromatic carbocycles. The number of hydrogen-bond acceptors (Lipinski definition) is 5. The Morgan fingerprint density at radius 1 is 1.16 bits per heavy atom.